The average molecular weight is 275 g/mol. The maximum Gasteiger partial charge on any atom is 0.185 e. The zero-order valence-electron chi connectivity index (χ0n) is 9.85. The smallest absolute Gasteiger partial charge is 0.185 e. The molecule has 0 atom stereocenters. The molecule has 0 bridgehead atoms. The zero-order chi connectivity index (χ0) is 12.3. The Labute approximate surface area is 106 Å². The summed E-state index contributed by atoms with van der Waals surface area (Å²) in [5, 5.41) is 4.02. The second-order valence-corrected chi connectivity index (χ2v) is 7.53. The van der Waals surface area contributed by atoms with Gasteiger partial charge in [-0.15, -0.1) is 11.3 Å². The van der Waals surface area contributed by atoms with E-state index in [1.807, 2.05) is 13.2 Å². The van der Waals surface area contributed by atoms with Crippen LogP contribution in [0.1, 0.15) is 11.3 Å². The van der Waals surface area contributed by atoms with Crippen molar-refractivity contribution in [2.45, 2.75) is 13.0 Å². The molecule has 1 saturated heterocycles. The van der Waals surface area contributed by atoms with E-state index in [9.17, 15) is 8.42 Å². The molecule has 1 aromatic heterocycles. The lowest BCUT2D eigenvalue weighted by atomic mass is 10.4. The second kappa shape index (κ2) is 5.32. The summed E-state index contributed by atoms with van der Waals surface area (Å²) in [4.78, 5) is 7.61. The SMILES string of the molecule is CNCc1cnc(N2CCCS(=O)(=O)CC2)s1. The van der Waals surface area contributed by atoms with Gasteiger partial charge >= 0.3 is 0 Å². The first-order chi connectivity index (χ1) is 8.11. The third-order valence-electron chi connectivity index (χ3n) is 2.72. The van der Waals surface area contributed by atoms with Crippen molar-refractivity contribution in [2.75, 3.05) is 36.5 Å². The lowest BCUT2D eigenvalue weighted by Gasteiger charge is -2.17. The van der Waals surface area contributed by atoms with Gasteiger partial charge in [-0.1, -0.05) is 0 Å². The van der Waals surface area contributed by atoms with Gasteiger partial charge in [0.1, 0.15) is 0 Å². The lowest BCUT2D eigenvalue weighted by Crippen LogP contribution is -2.26. The Hall–Kier alpha value is -0.660. The highest BCUT2D eigenvalue weighted by Gasteiger charge is 2.20. The molecule has 96 valence electrons. The highest BCUT2D eigenvalue weighted by atomic mass is 32.2. The van der Waals surface area contributed by atoms with E-state index in [4.69, 9.17) is 0 Å². The molecular formula is C10H17N3O2S2. The number of rotatable bonds is 3. The van der Waals surface area contributed by atoms with Crippen molar-refractivity contribution in [3.05, 3.63) is 11.1 Å². The van der Waals surface area contributed by atoms with Crippen molar-refractivity contribution in [1.82, 2.24) is 10.3 Å². The molecule has 1 N–H and O–H groups in total. The number of hydrogen-bond acceptors (Lipinski definition) is 6. The Morgan fingerprint density at radius 2 is 2.29 bits per heavy atom. The van der Waals surface area contributed by atoms with Crippen LogP contribution in [-0.2, 0) is 16.4 Å². The van der Waals surface area contributed by atoms with Crippen LogP contribution >= 0.6 is 11.3 Å². The fourth-order valence-corrected chi connectivity index (χ4v) is 4.07. The van der Waals surface area contributed by atoms with Gasteiger partial charge in [0.2, 0.25) is 0 Å². The van der Waals surface area contributed by atoms with Crippen molar-refractivity contribution in [3.8, 4) is 0 Å². The summed E-state index contributed by atoms with van der Waals surface area (Å²) in [7, 11) is -0.940. The number of nitrogens with zero attached hydrogens (tertiary/aromatic N) is 2. The predicted octanol–water partition coefficient (Wildman–Crippen LogP) is 0.487. The predicted molar refractivity (Wildman–Crippen MR) is 70.4 cm³/mol. The Balaban J connectivity index is 2.06. The van der Waals surface area contributed by atoms with E-state index in [0.717, 1.165) is 18.2 Å². The van der Waals surface area contributed by atoms with Crippen LogP contribution in [0.2, 0.25) is 0 Å². The van der Waals surface area contributed by atoms with Gasteiger partial charge in [0.25, 0.3) is 0 Å². The Kier molecular flexibility index (Phi) is 4.01. The minimum atomic E-state index is -2.84. The number of anilines is 1. The Bertz CT molecular complexity index is 470. The van der Waals surface area contributed by atoms with Crippen molar-refractivity contribution in [2.24, 2.45) is 0 Å². The molecule has 1 aromatic rings. The molecule has 17 heavy (non-hydrogen) atoms. The molecule has 2 rings (SSSR count). The van der Waals surface area contributed by atoms with Crippen LogP contribution in [0.15, 0.2) is 6.20 Å². The van der Waals surface area contributed by atoms with Crippen LogP contribution in [-0.4, -0.2) is 45.0 Å². The maximum absolute atomic E-state index is 11.5. The van der Waals surface area contributed by atoms with Gasteiger partial charge in [-0.05, 0) is 13.5 Å². The van der Waals surface area contributed by atoms with Gasteiger partial charge in [-0.2, -0.15) is 0 Å². The highest BCUT2D eigenvalue weighted by Crippen LogP contribution is 2.23. The topological polar surface area (TPSA) is 62.3 Å². The van der Waals surface area contributed by atoms with Crippen LogP contribution in [0.4, 0.5) is 5.13 Å². The summed E-state index contributed by atoms with van der Waals surface area (Å²) in [5.74, 6) is 0.548. The molecule has 0 aliphatic carbocycles. The first-order valence-corrected chi connectivity index (χ1v) is 8.29. The average Bonchev–Trinajstić information content (AvgIpc) is 2.64. The number of thiazole rings is 1. The third-order valence-corrected chi connectivity index (χ3v) is 5.49. The molecule has 0 aromatic carbocycles. The largest absolute Gasteiger partial charge is 0.347 e. The summed E-state index contributed by atoms with van der Waals surface area (Å²) in [6.45, 7) is 2.16. The summed E-state index contributed by atoms with van der Waals surface area (Å²) in [6.07, 6.45) is 2.55. The molecule has 1 aliphatic heterocycles. The van der Waals surface area contributed by atoms with E-state index in [-0.39, 0.29) is 5.75 Å². The van der Waals surface area contributed by atoms with Crippen molar-refractivity contribution in [3.63, 3.8) is 0 Å². The van der Waals surface area contributed by atoms with Crippen LogP contribution in [0.5, 0.6) is 0 Å². The standard InChI is InChI=1S/C10H17N3O2S2/c1-11-7-9-8-12-10(16-9)13-3-2-5-17(14,15)6-4-13/h8,11H,2-7H2,1H3. The zero-order valence-corrected chi connectivity index (χ0v) is 11.5. The van der Waals surface area contributed by atoms with Crippen LogP contribution < -0.4 is 10.2 Å². The molecule has 7 heteroatoms. The second-order valence-electron chi connectivity index (χ2n) is 4.13. The normalized spacial score (nSPS) is 20.2. The van der Waals surface area contributed by atoms with E-state index in [2.05, 4.69) is 15.2 Å². The van der Waals surface area contributed by atoms with Crippen molar-refractivity contribution < 1.29 is 8.42 Å². The van der Waals surface area contributed by atoms with Crippen LogP contribution in [0, 0.1) is 0 Å². The molecule has 1 fully saturated rings. The Morgan fingerprint density at radius 1 is 1.47 bits per heavy atom. The number of aromatic nitrogens is 1. The summed E-state index contributed by atoms with van der Waals surface area (Å²) in [5.41, 5.74) is 0. The van der Waals surface area contributed by atoms with Gasteiger partial charge in [-0.3, -0.25) is 0 Å². The minimum absolute atomic E-state index is 0.244. The molecule has 1 aliphatic rings. The van der Waals surface area contributed by atoms with Gasteiger partial charge < -0.3 is 10.2 Å². The molecule has 0 unspecified atom stereocenters. The van der Waals surface area contributed by atoms with Gasteiger partial charge in [0.15, 0.2) is 15.0 Å². The molecule has 5 nitrogen and oxygen atoms in total. The lowest BCUT2D eigenvalue weighted by molar-refractivity contribution is 0.597. The van der Waals surface area contributed by atoms with Gasteiger partial charge in [0, 0.05) is 30.7 Å². The molecule has 0 saturated carbocycles. The first-order valence-electron chi connectivity index (χ1n) is 5.65. The van der Waals surface area contributed by atoms with E-state index >= 15 is 0 Å². The number of sulfone groups is 1. The van der Waals surface area contributed by atoms with Crippen LogP contribution in [0.3, 0.4) is 0 Å². The first kappa shape index (κ1) is 12.8. The summed E-state index contributed by atoms with van der Waals surface area (Å²) >= 11 is 1.63. The molecule has 0 radical (unpaired) electrons. The highest BCUT2D eigenvalue weighted by molar-refractivity contribution is 7.91. The van der Waals surface area contributed by atoms with E-state index in [0.29, 0.717) is 18.7 Å². The van der Waals surface area contributed by atoms with E-state index in [1.54, 1.807) is 11.3 Å². The fraction of sp³-hybridized carbons (Fsp3) is 0.700. The quantitative estimate of drug-likeness (QED) is 0.870. The summed E-state index contributed by atoms with van der Waals surface area (Å²) in [6, 6.07) is 0. The monoisotopic (exact) mass is 275 g/mol. The summed E-state index contributed by atoms with van der Waals surface area (Å²) < 4.78 is 23.0. The van der Waals surface area contributed by atoms with Crippen molar-refractivity contribution >= 4 is 26.3 Å². The van der Waals surface area contributed by atoms with Crippen molar-refractivity contribution in [1.29, 1.82) is 0 Å². The maximum atomic E-state index is 11.5. The Morgan fingerprint density at radius 3 is 3.06 bits per heavy atom. The molecule has 0 amide bonds. The fourth-order valence-electron chi connectivity index (χ4n) is 1.83. The third kappa shape index (κ3) is 3.40. The molecule has 0 spiro atoms. The van der Waals surface area contributed by atoms with Crippen LogP contribution in [0.25, 0.3) is 0 Å². The minimum Gasteiger partial charge on any atom is -0.347 e. The number of nitrogens with one attached hydrogen (secondary N) is 1. The molecular weight excluding hydrogens is 258 g/mol. The van der Waals surface area contributed by atoms with Gasteiger partial charge in [0.05, 0.1) is 11.5 Å². The number of hydrogen-bond donors (Lipinski definition) is 1. The van der Waals surface area contributed by atoms with Gasteiger partial charge in [-0.25, -0.2) is 13.4 Å². The molecule has 2 heterocycles. The van der Waals surface area contributed by atoms with E-state index in [1.165, 1.54) is 4.88 Å². The van der Waals surface area contributed by atoms with E-state index < -0.39 is 9.84 Å².